The average Bonchev–Trinajstić information content (AvgIpc) is 2.18. The largest absolute Gasteiger partial charge is 0.665 e. The number of ether oxygens (including phenoxy) is 1. The van der Waals surface area contributed by atoms with E-state index in [2.05, 4.69) is 4.74 Å². The summed E-state index contributed by atoms with van der Waals surface area (Å²) in [6.45, 7) is 0. The number of nitrogens with one attached hydrogen (secondary N) is 1. The fraction of sp³-hybridized carbons (Fsp3) is 0.300. The summed E-state index contributed by atoms with van der Waals surface area (Å²) in [5, 5.41) is 0. The summed E-state index contributed by atoms with van der Waals surface area (Å²) in [6.07, 6.45) is 0.410. The Morgan fingerprint density at radius 2 is 2.08 bits per heavy atom. The van der Waals surface area contributed by atoms with Gasteiger partial charge in [-0.1, -0.05) is 30.3 Å². The zero-order valence-electron chi connectivity index (χ0n) is 7.49. The molecule has 1 unspecified atom stereocenters. The predicted octanol–water partition coefficient (Wildman–Crippen LogP) is 1.82. The van der Waals surface area contributed by atoms with Crippen molar-refractivity contribution in [2.45, 2.75) is 12.5 Å². The lowest BCUT2D eigenvalue weighted by Gasteiger charge is -2.16. The average molecular weight is 178 g/mol. The van der Waals surface area contributed by atoms with Crippen LogP contribution in [0.15, 0.2) is 30.3 Å². The molecule has 0 saturated heterocycles. The number of carbonyl (C=O) groups is 1. The van der Waals surface area contributed by atoms with Crippen molar-refractivity contribution in [1.29, 1.82) is 0 Å². The van der Waals surface area contributed by atoms with Crippen molar-refractivity contribution in [2.24, 2.45) is 0 Å². The molecule has 70 valence electrons. The Bertz CT molecular complexity index is 272. The molecule has 0 aromatic heterocycles. The van der Waals surface area contributed by atoms with E-state index in [9.17, 15) is 4.79 Å². The van der Waals surface area contributed by atoms with Gasteiger partial charge in [-0.25, -0.2) is 0 Å². The SMILES string of the molecule is COC(=O)C([NH-])Cc1ccccc1. The van der Waals surface area contributed by atoms with E-state index in [4.69, 9.17) is 5.73 Å². The van der Waals surface area contributed by atoms with Crippen LogP contribution >= 0.6 is 0 Å². The number of carbonyl (C=O) groups excluding carboxylic acids is 1. The second-order valence-electron chi connectivity index (χ2n) is 2.77. The van der Waals surface area contributed by atoms with Gasteiger partial charge in [0.05, 0.1) is 7.11 Å². The van der Waals surface area contributed by atoms with Gasteiger partial charge < -0.3 is 10.5 Å². The Hall–Kier alpha value is -1.35. The first kappa shape index (κ1) is 9.74. The van der Waals surface area contributed by atoms with Gasteiger partial charge in [-0.2, -0.15) is 0 Å². The zero-order chi connectivity index (χ0) is 9.68. The molecule has 13 heavy (non-hydrogen) atoms. The molecule has 1 rings (SSSR count). The highest BCUT2D eigenvalue weighted by Gasteiger charge is 2.06. The van der Waals surface area contributed by atoms with Crippen LogP contribution in [0.3, 0.4) is 0 Å². The quantitative estimate of drug-likeness (QED) is 0.663. The zero-order valence-corrected chi connectivity index (χ0v) is 7.49. The number of rotatable bonds is 3. The number of methoxy groups -OCH3 is 1. The van der Waals surface area contributed by atoms with E-state index in [1.807, 2.05) is 30.3 Å². The molecule has 1 aromatic rings. The molecule has 3 nitrogen and oxygen atoms in total. The maximum absolute atomic E-state index is 10.9. The molecule has 0 heterocycles. The van der Waals surface area contributed by atoms with Crippen molar-refractivity contribution in [1.82, 2.24) is 0 Å². The molecule has 0 aliphatic carbocycles. The van der Waals surface area contributed by atoms with Crippen LogP contribution in [-0.2, 0) is 16.0 Å². The molecule has 3 heteroatoms. The molecule has 0 spiro atoms. The topological polar surface area (TPSA) is 50.1 Å². The summed E-state index contributed by atoms with van der Waals surface area (Å²) >= 11 is 0. The van der Waals surface area contributed by atoms with E-state index in [0.29, 0.717) is 6.42 Å². The monoisotopic (exact) mass is 178 g/mol. The summed E-state index contributed by atoms with van der Waals surface area (Å²) in [7, 11) is 1.30. The van der Waals surface area contributed by atoms with Gasteiger partial charge in [0, 0.05) is 0 Å². The van der Waals surface area contributed by atoms with Crippen LogP contribution in [0.2, 0.25) is 0 Å². The number of esters is 1. The van der Waals surface area contributed by atoms with Crippen molar-refractivity contribution < 1.29 is 9.53 Å². The van der Waals surface area contributed by atoms with Crippen LogP contribution in [0.4, 0.5) is 0 Å². The van der Waals surface area contributed by atoms with Gasteiger partial charge in [-0.05, 0) is 18.0 Å². The van der Waals surface area contributed by atoms with Crippen LogP contribution in [0.25, 0.3) is 5.73 Å². The highest BCUT2D eigenvalue weighted by molar-refractivity contribution is 5.77. The van der Waals surface area contributed by atoms with Crippen LogP contribution in [0.5, 0.6) is 0 Å². The first-order valence-corrected chi connectivity index (χ1v) is 4.07. The van der Waals surface area contributed by atoms with Gasteiger partial charge in [-0.15, -0.1) is 0 Å². The minimum atomic E-state index is -0.813. The number of hydrogen-bond acceptors (Lipinski definition) is 2. The first-order chi connectivity index (χ1) is 6.24. The van der Waals surface area contributed by atoms with Crippen molar-refractivity contribution in [3.8, 4) is 0 Å². The normalized spacial score (nSPS) is 12.2. The van der Waals surface area contributed by atoms with Crippen molar-refractivity contribution in [2.75, 3.05) is 7.11 Å². The lowest BCUT2D eigenvalue weighted by molar-refractivity contribution is -0.141. The third-order valence-electron chi connectivity index (χ3n) is 1.77. The van der Waals surface area contributed by atoms with Gasteiger partial charge in [0.1, 0.15) is 0 Å². The second kappa shape index (κ2) is 4.62. The molecule has 1 N–H and O–H groups in total. The van der Waals surface area contributed by atoms with Gasteiger partial charge in [-0.3, -0.25) is 4.79 Å². The smallest absolute Gasteiger partial charge is 0.287 e. The van der Waals surface area contributed by atoms with Crippen LogP contribution in [0, 0.1) is 0 Å². The summed E-state index contributed by atoms with van der Waals surface area (Å²) in [5.74, 6) is -0.483. The maximum Gasteiger partial charge on any atom is 0.287 e. The van der Waals surface area contributed by atoms with Gasteiger partial charge in [0.25, 0.3) is 5.97 Å². The second-order valence-corrected chi connectivity index (χ2v) is 2.77. The summed E-state index contributed by atoms with van der Waals surface area (Å²) in [6, 6.07) is 8.65. The highest BCUT2D eigenvalue weighted by atomic mass is 16.5. The molecule has 0 aliphatic rings. The van der Waals surface area contributed by atoms with Crippen molar-refractivity contribution in [3.05, 3.63) is 41.6 Å². The maximum atomic E-state index is 10.9. The fourth-order valence-corrected chi connectivity index (χ4v) is 1.08. The Morgan fingerprint density at radius 1 is 1.46 bits per heavy atom. The molecule has 0 saturated carbocycles. The van der Waals surface area contributed by atoms with E-state index in [0.717, 1.165) is 5.56 Å². The molecule has 0 amide bonds. The molecular formula is C10H12NO2-. The van der Waals surface area contributed by atoms with E-state index < -0.39 is 12.0 Å². The minimum absolute atomic E-state index is 0.410. The number of benzene rings is 1. The van der Waals surface area contributed by atoms with Crippen molar-refractivity contribution in [3.63, 3.8) is 0 Å². The van der Waals surface area contributed by atoms with Crippen molar-refractivity contribution >= 4 is 5.97 Å². The molecule has 0 bridgehead atoms. The summed E-state index contributed by atoms with van der Waals surface area (Å²) in [4.78, 5) is 10.9. The van der Waals surface area contributed by atoms with Crippen LogP contribution < -0.4 is 0 Å². The number of hydrogen-bond donors (Lipinski definition) is 0. The molecule has 0 fully saturated rings. The minimum Gasteiger partial charge on any atom is -0.665 e. The van der Waals surface area contributed by atoms with E-state index in [-0.39, 0.29) is 0 Å². The Kier molecular flexibility index (Phi) is 3.46. The Balaban J connectivity index is 2.55. The van der Waals surface area contributed by atoms with Crippen LogP contribution in [-0.4, -0.2) is 19.1 Å². The molecule has 0 aliphatic heterocycles. The summed E-state index contributed by atoms with van der Waals surface area (Å²) < 4.78 is 4.46. The lowest BCUT2D eigenvalue weighted by Crippen LogP contribution is -2.20. The fourth-order valence-electron chi connectivity index (χ4n) is 1.08. The van der Waals surface area contributed by atoms with E-state index in [1.54, 1.807) is 0 Å². The molecular weight excluding hydrogens is 166 g/mol. The van der Waals surface area contributed by atoms with Gasteiger partial charge in [0.15, 0.2) is 0 Å². The highest BCUT2D eigenvalue weighted by Crippen LogP contribution is 2.05. The molecule has 1 aromatic carbocycles. The Labute approximate surface area is 77.5 Å². The third kappa shape index (κ3) is 2.87. The van der Waals surface area contributed by atoms with Crippen LogP contribution in [0.1, 0.15) is 5.56 Å². The van der Waals surface area contributed by atoms with E-state index >= 15 is 0 Å². The summed E-state index contributed by atoms with van der Waals surface area (Å²) in [5.41, 5.74) is 8.42. The van der Waals surface area contributed by atoms with Gasteiger partial charge >= 0.3 is 0 Å². The lowest BCUT2D eigenvalue weighted by atomic mass is 10.1. The molecule has 0 radical (unpaired) electrons. The first-order valence-electron chi connectivity index (χ1n) is 4.07. The third-order valence-corrected chi connectivity index (χ3v) is 1.77. The molecule has 1 atom stereocenters. The Morgan fingerprint density at radius 3 is 2.62 bits per heavy atom. The van der Waals surface area contributed by atoms with E-state index in [1.165, 1.54) is 7.11 Å². The standard InChI is InChI=1S/C10H12NO2/c1-13-10(12)9(11)7-8-5-3-2-4-6-8/h2-6,9,11H,7H2,1H3/q-1. The van der Waals surface area contributed by atoms with Gasteiger partial charge in [0.2, 0.25) is 0 Å². The predicted molar refractivity (Wildman–Crippen MR) is 50.3 cm³/mol.